The number of nitrogens with zero attached hydrogens (tertiary/aromatic N) is 1. The fourth-order valence-electron chi connectivity index (χ4n) is 3.55. The molecule has 1 aliphatic rings. The first-order chi connectivity index (χ1) is 14.0. The smallest absolute Gasteiger partial charge is 0.259 e. The number of nitrogens with one attached hydrogen (secondary N) is 1. The topological polar surface area (TPSA) is 62.6 Å². The predicted octanol–water partition coefficient (Wildman–Crippen LogP) is 5.13. The van der Waals surface area contributed by atoms with Crippen LogP contribution in [0.3, 0.4) is 0 Å². The molecule has 0 atom stereocenters. The summed E-state index contributed by atoms with van der Waals surface area (Å²) in [6, 6.07) is 20.7. The number of hydrogen-bond acceptors (Lipinski definition) is 4. The molecule has 0 aliphatic carbocycles. The molecular formula is C22H17IN2O3S. The third kappa shape index (κ3) is 3.33. The van der Waals surface area contributed by atoms with Crippen molar-refractivity contribution < 1.29 is 12.8 Å². The van der Waals surface area contributed by atoms with Crippen LogP contribution < -0.4 is 5.43 Å². The Bertz CT molecular complexity index is 1360. The van der Waals surface area contributed by atoms with Crippen molar-refractivity contribution in [2.75, 3.05) is 6.54 Å². The molecule has 4 aromatic rings. The minimum absolute atomic E-state index is 0.277. The molecule has 0 bridgehead atoms. The number of rotatable bonds is 3. The molecule has 7 heteroatoms. The van der Waals surface area contributed by atoms with Gasteiger partial charge in [0.2, 0.25) is 0 Å². The summed E-state index contributed by atoms with van der Waals surface area (Å²) in [6.07, 6.45) is 2.65. The van der Waals surface area contributed by atoms with E-state index in [0.29, 0.717) is 13.0 Å². The van der Waals surface area contributed by atoms with Gasteiger partial charge in [0, 0.05) is 26.5 Å². The molecule has 146 valence electrons. The quantitative estimate of drug-likeness (QED) is 0.384. The minimum atomic E-state index is -3.63. The third-order valence-corrected chi connectivity index (χ3v) is 7.46. The number of halogens is 1. The first-order valence-electron chi connectivity index (χ1n) is 9.19. The predicted molar refractivity (Wildman–Crippen MR) is 123 cm³/mol. The fourth-order valence-corrected chi connectivity index (χ4v) is 5.21. The van der Waals surface area contributed by atoms with Crippen molar-refractivity contribution in [1.29, 1.82) is 0 Å². The number of para-hydroxylation sites is 1. The molecule has 0 radical (unpaired) electrons. The van der Waals surface area contributed by atoms with Crippen LogP contribution in [0, 0.1) is 3.57 Å². The Morgan fingerprint density at radius 3 is 2.52 bits per heavy atom. The van der Waals surface area contributed by atoms with Crippen LogP contribution in [0.1, 0.15) is 12.0 Å². The molecular weight excluding hydrogens is 499 g/mol. The molecule has 29 heavy (non-hydrogen) atoms. The lowest BCUT2D eigenvalue weighted by Crippen LogP contribution is -2.44. The summed E-state index contributed by atoms with van der Waals surface area (Å²) >= 11 is 2.16. The van der Waals surface area contributed by atoms with Crippen LogP contribution in [0.25, 0.3) is 27.6 Å². The van der Waals surface area contributed by atoms with Gasteiger partial charge in [-0.1, -0.05) is 30.3 Å². The minimum Gasteiger partial charge on any atom is -0.456 e. The summed E-state index contributed by atoms with van der Waals surface area (Å²) in [6.45, 7) is 0.380. The van der Waals surface area contributed by atoms with Gasteiger partial charge in [-0.3, -0.25) is 0 Å². The first-order valence-corrected chi connectivity index (χ1v) is 11.7. The van der Waals surface area contributed by atoms with Gasteiger partial charge in [0.1, 0.15) is 11.2 Å². The van der Waals surface area contributed by atoms with Crippen LogP contribution >= 0.6 is 22.6 Å². The van der Waals surface area contributed by atoms with E-state index in [9.17, 15) is 8.42 Å². The normalized spacial score (nSPS) is 15.4. The Balaban J connectivity index is 1.48. The summed E-state index contributed by atoms with van der Waals surface area (Å²) in [5, 5.41) is 2.12. The van der Waals surface area contributed by atoms with Crippen LogP contribution in [0.4, 0.5) is 0 Å². The number of fused-ring (bicyclic) bond motifs is 3. The highest BCUT2D eigenvalue weighted by molar-refractivity contribution is 14.1. The summed E-state index contributed by atoms with van der Waals surface area (Å²) in [5.41, 5.74) is 6.35. The van der Waals surface area contributed by atoms with E-state index in [0.717, 1.165) is 36.8 Å². The second kappa shape index (κ2) is 7.16. The number of sulfonamides is 1. The van der Waals surface area contributed by atoms with E-state index in [1.807, 2.05) is 48.5 Å². The number of hydrazine groups is 1. The Morgan fingerprint density at radius 1 is 0.931 bits per heavy atom. The van der Waals surface area contributed by atoms with Gasteiger partial charge < -0.3 is 9.84 Å². The van der Waals surface area contributed by atoms with Crippen molar-refractivity contribution in [2.45, 2.75) is 11.3 Å². The third-order valence-electron chi connectivity index (χ3n) is 5.02. The summed E-state index contributed by atoms with van der Waals surface area (Å²) in [4.78, 5) is 0.277. The fraction of sp³-hybridized carbons (Fsp3) is 0.0909. The number of furan rings is 1. The van der Waals surface area contributed by atoms with Crippen LogP contribution in [-0.4, -0.2) is 19.4 Å². The van der Waals surface area contributed by atoms with Gasteiger partial charge in [0.15, 0.2) is 0 Å². The van der Waals surface area contributed by atoms with Gasteiger partial charge in [-0.05, 0) is 71.5 Å². The average molecular weight is 516 g/mol. The van der Waals surface area contributed by atoms with E-state index in [1.165, 1.54) is 4.41 Å². The standard InChI is InChI=1S/C22H17IN2O3S/c23-16-8-10-17(11-9-16)29(26,27)25-13-3-5-20(24-25)15-7-12-19-18-4-1-2-6-21(18)28-22(19)14-15/h1-2,4-12,14,24H,3,13H2. The lowest BCUT2D eigenvalue weighted by molar-refractivity contribution is 0.363. The number of benzene rings is 3. The van der Waals surface area contributed by atoms with Crippen molar-refractivity contribution >= 4 is 60.2 Å². The van der Waals surface area contributed by atoms with Gasteiger partial charge in [-0.15, -0.1) is 4.41 Å². The Kier molecular flexibility index (Phi) is 4.60. The summed E-state index contributed by atoms with van der Waals surface area (Å²) in [7, 11) is -3.63. The molecule has 1 aliphatic heterocycles. The Labute approximate surface area is 182 Å². The molecule has 0 saturated heterocycles. The largest absolute Gasteiger partial charge is 0.456 e. The van der Waals surface area contributed by atoms with Crippen LogP contribution in [-0.2, 0) is 10.0 Å². The zero-order chi connectivity index (χ0) is 20.0. The van der Waals surface area contributed by atoms with Crippen molar-refractivity contribution in [3.8, 4) is 0 Å². The van der Waals surface area contributed by atoms with E-state index in [4.69, 9.17) is 4.42 Å². The SMILES string of the molecule is O=S(=O)(c1ccc(I)cc1)N1CCC=C(c2ccc3c(c2)oc2ccccc23)N1. The van der Waals surface area contributed by atoms with Crippen LogP contribution in [0.2, 0.25) is 0 Å². The first kappa shape index (κ1) is 18.7. The molecule has 1 N–H and O–H groups in total. The Hall–Kier alpha value is -2.36. The van der Waals surface area contributed by atoms with E-state index >= 15 is 0 Å². The summed E-state index contributed by atoms with van der Waals surface area (Å²) < 4.78 is 34.3. The highest BCUT2D eigenvalue weighted by Gasteiger charge is 2.27. The lowest BCUT2D eigenvalue weighted by atomic mass is 10.1. The van der Waals surface area contributed by atoms with Crippen molar-refractivity contribution in [2.24, 2.45) is 0 Å². The maximum atomic E-state index is 13.0. The zero-order valence-electron chi connectivity index (χ0n) is 15.3. The van der Waals surface area contributed by atoms with Crippen molar-refractivity contribution in [1.82, 2.24) is 9.84 Å². The molecule has 5 nitrogen and oxygen atoms in total. The average Bonchev–Trinajstić information content (AvgIpc) is 3.12. The molecule has 3 aromatic carbocycles. The molecule has 2 heterocycles. The number of hydrogen-bond donors (Lipinski definition) is 1. The second-order valence-electron chi connectivity index (χ2n) is 6.86. The zero-order valence-corrected chi connectivity index (χ0v) is 18.3. The molecule has 0 amide bonds. The van der Waals surface area contributed by atoms with Gasteiger partial charge >= 0.3 is 0 Å². The highest BCUT2D eigenvalue weighted by atomic mass is 127. The van der Waals surface area contributed by atoms with E-state index < -0.39 is 10.0 Å². The monoisotopic (exact) mass is 516 g/mol. The van der Waals surface area contributed by atoms with Crippen molar-refractivity contribution in [3.05, 3.63) is 81.9 Å². The highest BCUT2D eigenvalue weighted by Crippen LogP contribution is 2.31. The van der Waals surface area contributed by atoms with Gasteiger partial charge in [-0.2, -0.15) is 0 Å². The lowest BCUT2D eigenvalue weighted by Gasteiger charge is -2.28. The molecule has 1 aromatic heterocycles. The molecule has 5 rings (SSSR count). The van der Waals surface area contributed by atoms with Gasteiger partial charge in [0.25, 0.3) is 10.0 Å². The van der Waals surface area contributed by atoms with E-state index in [2.05, 4.69) is 28.0 Å². The van der Waals surface area contributed by atoms with E-state index in [1.54, 1.807) is 24.3 Å². The van der Waals surface area contributed by atoms with Crippen molar-refractivity contribution in [3.63, 3.8) is 0 Å². The second-order valence-corrected chi connectivity index (χ2v) is 9.97. The van der Waals surface area contributed by atoms with Gasteiger partial charge in [0.05, 0.1) is 10.6 Å². The Morgan fingerprint density at radius 2 is 1.69 bits per heavy atom. The maximum Gasteiger partial charge on any atom is 0.259 e. The maximum absolute atomic E-state index is 13.0. The van der Waals surface area contributed by atoms with E-state index in [-0.39, 0.29) is 4.90 Å². The molecule has 0 fully saturated rings. The molecule has 0 unspecified atom stereocenters. The molecule has 0 saturated carbocycles. The van der Waals surface area contributed by atoms with Gasteiger partial charge in [-0.25, -0.2) is 8.42 Å². The van der Waals surface area contributed by atoms with Crippen LogP contribution in [0.15, 0.2) is 82.1 Å². The van der Waals surface area contributed by atoms with Crippen LogP contribution in [0.5, 0.6) is 0 Å². The summed E-state index contributed by atoms with van der Waals surface area (Å²) in [5.74, 6) is 0. The molecule has 0 spiro atoms.